The summed E-state index contributed by atoms with van der Waals surface area (Å²) < 4.78 is 10.2. The standard InChI is InChI=1S/C12H16O3/c1-12(2)6-4-5-8-7-9(11(13)14-3)15-10(8)12/h7H,4-6H2,1-3H3. The molecule has 0 atom stereocenters. The zero-order valence-electron chi connectivity index (χ0n) is 9.42. The van der Waals surface area contributed by atoms with Crippen molar-refractivity contribution in [1.82, 2.24) is 0 Å². The molecular weight excluding hydrogens is 192 g/mol. The Kier molecular flexibility index (Phi) is 2.33. The van der Waals surface area contributed by atoms with E-state index in [0.29, 0.717) is 5.76 Å². The molecule has 3 heteroatoms. The van der Waals surface area contributed by atoms with E-state index < -0.39 is 0 Å². The van der Waals surface area contributed by atoms with Crippen LogP contribution in [0.15, 0.2) is 10.5 Å². The number of aryl methyl sites for hydroxylation is 1. The van der Waals surface area contributed by atoms with Crippen molar-refractivity contribution in [2.75, 3.05) is 7.11 Å². The lowest BCUT2D eigenvalue weighted by atomic mass is 9.77. The maximum atomic E-state index is 11.3. The van der Waals surface area contributed by atoms with Gasteiger partial charge in [0.2, 0.25) is 5.76 Å². The van der Waals surface area contributed by atoms with Gasteiger partial charge in [-0.2, -0.15) is 0 Å². The normalized spacial score (nSPS) is 18.3. The molecule has 0 N–H and O–H groups in total. The SMILES string of the molecule is COC(=O)c1cc2c(o1)C(C)(C)CCC2. The van der Waals surface area contributed by atoms with Crippen LogP contribution in [0.2, 0.25) is 0 Å². The second-order valence-electron chi connectivity index (χ2n) is 4.69. The maximum Gasteiger partial charge on any atom is 0.373 e. The van der Waals surface area contributed by atoms with Gasteiger partial charge in [-0.15, -0.1) is 0 Å². The molecule has 0 amide bonds. The molecule has 1 aliphatic rings. The molecule has 0 saturated heterocycles. The molecule has 15 heavy (non-hydrogen) atoms. The molecule has 1 aromatic heterocycles. The fourth-order valence-corrected chi connectivity index (χ4v) is 2.22. The van der Waals surface area contributed by atoms with Gasteiger partial charge >= 0.3 is 5.97 Å². The molecule has 0 aromatic carbocycles. The van der Waals surface area contributed by atoms with E-state index in [1.165, 1.54) is 7.11 Å². The highest BCUT2D eigenvalue weighted by Gasteiger charge is 2.32. The molecule has 1 aromatic rings. The van der Waals surface area contributed by atoms with Crippen molar-refractivity contribution < 1.29 is 13.9 Å². The first kappa shape index (κ1) is 10.3. The van der Waals surface area contributed by atoms with Gasteiger partial charge in [-0.05, 0) is 30.9 Å². The van der Waals surface area contributed by atoms with Crippen molar-refractivity contribution >= 4 is 5.97 Å². The average Bonchev–Trinajstić information content (AvgIpc) is 2.61. The molecule has 0 radical (unpaired) electrons. The molecule has 1 aliphatic carbocycles. The summed E-state index contributed by atoms with van der Waals surface area (Å²) in [6.07, 6.45) is 3.26. The van der Waals surface area contributed by atoms with Crippen LogP contribution in [0.25, 0.3) is 0 Å². The summed E-state index contributed by atoms with van der Waals surface area (Å²) in [5.74, 6) is 0.895. The Labute approximate surface area is 89.4 Å². The minimum Gasteiger partial charge on any atom is -0.463 e. The summed E-state index contributed by atoms with van der Waals surface area (Å²) in [7, 11) is 1.37. The number of carbonyl (C=O) groups is 1. The van der Waals surface area contributed by atoms with Crippen molar-refractivity contribution in [2.24, 2.45) is 0 Å². The summed E-state index contributed by atoms with van der Waals surface area (Å²) in [4.78, 5) is 11.3. The zero-order valence-corrected chi connectivity index (χ0v) is 9.42. The van der Waals surface area contributed by atoms with Gasteiger partial charge in [0.25, 0.3) is 0 Å². The van der Waals surface area contributed by atoms with Crippen molar-refractivity contribution in [3.63, 3.8) is 0 Å². The minimum atomic E-state index is -0.389. The molecule has 0 aliphatic heterocycles. The first-order valence-corrected chi connectivity index (χ1v) is 5.26. The van der Waals surface area contributed by atoms with Gasteiger partial charge in [0, 0.05) is 5.41 Å². The van der Waals surface area contributed by atoms with Crippen LogP contribution in [0.4, 0.5) is 0 Å². The van der Waals surface area contributed by atoms with Crippen molar-refractivity contribution in [2.45, 2.75) is 38.5 Å². The summed E-state index contributed by atoms with van der Waals surface area (Å²) in [5, 5.41) is 0. The molecule has 0 bridgehead atoms. The number of esters is 1. The van der Waals surface area contributed by atoms with E-state index in [4.69, 9.17) is 4.42 Å². The Morgan fingerprint density at radius 2 is 2.27 bits per heavy atom. The summed E-state index contributed by atoms with van der Waals surface area (Å²) in [6.45, 7) is 4.30. The highest BCUT2D eigenvalue weighted by atomic mass is 16.5. The van der Waals surface area contributed by atoms with Crippen LogP contribution < -0.4 is 0 Å². The highest BCUT2D eigenvalue weighted by Crippen LogP contribution is 2.38. The number of hydrogen-bond acceptors (Lipinski definition) is 3. The third kappa shape index (κ3) is 1.66. The number of furan rings is 1. The third-order valence-corrected chi connectivity index (χ3v) is 3.06. The van der Waals surface area contributed by atoms with Crippen molar-refractivity contribution in [1.29, 1.82) is 0 Å². The van der Waals surface area contributed by atoms with Gasteiger partial charge in [0.15, 0.2) is 0 Å². The third-order valence-electron chi connectivity index (χ3n) is 3.06. The molecule has 0 spiro atoms. The van der Waals surface area contributed by atoms with E-state index in [9.17, 15) is 4.79 Å². The number of hydrogen-bond donors (Lipinski definition) is 0. The quantitative estimate of drug-likeness (QED) is 0.666. The van der Waals surface area contributed by atoms with Gasteiger partial charge < -0.3 is 9.15 Å². The molecular formula is C12H16O3. The summed E-state index contributed by atoms with van der Waals surface area (Å²) >= 11 is 0. The second kappa shape index (κ2) is 3.40. The predicted octanol–water partition coefficient (Wildman–Crippen LogP) is 2.68. The molecule has 0 saturated carbocycles. The molecule has 0 unspecified atom stereocenters. The molecule has 2 rings (SSSR count). The van der Waals surface area contributed by atoms with Crippen LogP contribution in [0, 0.1) is 0 Å². The van der Waals surface area contributed by atoms with Gasteiger partial charge in [-0.25, -0.2) is 4.79 Å². The minimum absolute atomic E-state index is 0.0415. The molecule has 0 fully saturated rings. The lowest BCUT2D eigenvalue weighted by Gasteiger charge is -2.27. The van der Waals surface area contributed by atoms with Gasteiger partial charge in [-0.3, -0.25) is 0 Å². The highest BCUT2D eigenvalue weighted by molar-refractivity contribution is 5.86. The van der Waals surface area contributed by atoms with E-state index in [1.54, 1.807) is 0 Å². The fraction of sp³-hybridized carbons (Fsp3) is 0.583. The van der Waals surface area contributed by atoms with E-state index in [1.807, 2.05) is 6.07 Å². The van der Waals surface area contributed by atoms with Crippen LogP contribution in [-0.4, -0.2) is 13.1 Å². The van der Waals surface area contributed by atoms with Gasteiger partial charge in [-0.1, -0.05) is 13.8 Å². The Morgan fingerprint density at radius 3 is 2.87 bits per heavy atom. The number of methoxy groups -OCH3 is 1. The lowest BCUT2D eigenvalue weighted by molar-refractivity contribution is 0.0560. The van der Waals surface area contributed by atoms with E-state index in [-0.39, 0.29) is 11.4 Å². The molecule has 3 nitrogen and oxygen atoms in total. The van der Waals surface area contributed by atoms with E-state index in [0.717, 1.165) is 30.6 Å². The number of carbonyl (C=O) groups excluding carboxylic acids is 1. The van der Waals surface area contributed by atoms with Gasteiger partial charge in [0.1, 0.15) is 5.76 Å². The first-order valence-electron chi connectivity index (χ1n) is 5.26. The summed E-state index contributed by atoms with van der Waals surface area (Å²) in [6, 6.07) is 1.82. The van der Waals surface area contributed by atoms with Crippen LogP contribution in [0.1, 0.15) is 48.6 Å². The van der Waals surface area contributed by atoms with Gasteiger partial charge in [0.05, 0.1) is 7.11 Å². The summed E-state index contributed by atoms with van der Waals surface area (Å²) in [5.41, 5.74) is 1.20. The predicted molar refractivity (Wildman–Crippen MR) is 56.0 cm³/mol. The monoisotopic (exact) mass is 208 g/mol. The van der Waals surface area contributed by atoms with Crippen molar-refractivity contribution in [3.05, 3.63) is 23.2 Å². The number of rotatable bonds is 1. The lowest BCUT2D eigenvalue weighted by Crippen LogP contribution is -2.22. The average molecular weight is 208 g/mol. The van der Waals surface area contributed by atoms with E-state index in [2.05, 4.69) is 18.6 Å². The second-order valence-corrected chi connectivity index (χ2v) is 4.69. The topological polar surface area (TPSA) is 39.4 Å². The van der Waals surface area contributed by atoms with E-state index >= 15 is 0 Å². The number of fused-ring (bicyclic) bond motifs is 1. The smallest absolute Gasteiger partial charge is 0.373 e. The first-order chi connectivity index (χ1) is 7.04. The van der Waals surface area contributed by atoms with Crippen LogP contribution in [-0.2, 0) is 16.6 Å². The van der Waals surface area contributed by atoms with Crippen molar-refractivity contribution in [3.8, 4) is 0 Å². The maximum absolute atomic E-state index is 11.3. The Morgan fingerprint density at radius 1 is 1.53 bits per heavy atom. The molecule has 1 heterocycles. The largest absolute Gasteiger partial charge is 0.463 e. The Hall–Kier alpha value is -1.25. The number of ether oxygens (including phenoxy) is 1. The van der Waals surface area contributed by atoms with Crippen LogP contribution >= 0.6 is 0 Å². The zero-order chi connectivity index (χ0) is 11.1. The van der Waals surface area contributed by atoms with Crippen LogP contribution in [0.3, 0.4) is 0 Å². The van der Waals surface area contributed by atoms with Crippen LogP contribution in [0.5, 0.6) is 0 Å². The Bertz CT molecular complexity index is 388. The molecule has 82 valence electrons. The fourth-order valence-electron chi connectivity index (χ4n) is 2.22. The Balaban J connectivity index is 2.42.